The molecule has 1 aromatic heterocycles. The van der Waals surface area contributed by atoms with Crippen LogP contribution in [0.3, 0.4) is 0 Å². The highest BCUT2D eigenvalue weighted by Crippen LogP contribution is 2.28. The lowest BCUT2D eigenvalue weighted by molar-refractivity contribution is -0.136. The monoisotopic (exact) mass is 297 g/mol. The van der Waals surface area contributed by atoms with Gasteiger partial charge in [-0.3, -0.25) is 0 Å². The number of aromatic nitrogens is 1. The molecule has 2 aromatic rings. The van der Waals surface area contributed by atoms with Crippen LogP contribution >= 0.6 is 0 Å². The summed E-state index contributed by atoms with van der Waals surface area (Å²) >= 11 is 0. The number of nitrogens with zero attached hydrogens (tertiary/aromatic N) is 1. The summed E-state index contributed by atoms with van der Waals surface area (Å²) in [5.41, 5.74) is 2.93. The first kappa shape index (κ1) is 14.4. The second-order valence-electron chi connectivity index (χ2n) is 5.48. The average Bonchev–Trinajstić information content (AvgIpc) is 2.87. The molecule has 0 bridgehead atoms. The third kappa shape index (κ3) is 2.64. The quantitative estimate of drug-likeness (QED) is 0.792. The number of benzene rings is 1. The van der Waals surface area contributed by atoms with Gasteiger partial charge in [0.05, 0.1) is 12.7 Å². The van der Waals surface area contributed by atoms with Gasteiger partial charge >= 0.3 is 5.97 Å². The number of hydrogen-bond donors (Lipinski definition) is 0. The summed E-state index contributed by atoms with van der Waals surface area (Å²) in [7, 11) is 3.43. The molecule has 0 fully saturated rings. The zero-order valence-electron chi connectivity index (χ0n) is 13.1. The number of aryl methyl sites for hydroxylation is 1. The van der Waals surface area contributed by atoms with E-state index in [1.165, 1.54) is 18.0 Å². The number of allylic oxidation sites excluding steroid dienone is 2. The maximum Gasteiger partial charge on any atom is 0.337 e. The zero-order chi connectivity index (χ0) is 15.7. The van der Waals surface area contributed by atoms with Crippen LogP contribution in [0.4, 0.5) is 0 Å². The van der Waals surface area contributed by atoms with Crippen LogP contribution in [0.2, 0.25) is 0 Å². The van der Waals surface area contributed by atoms with Gasteiger partial charge in [0.1, 0.15) is 11.5 Å². The summed E-state index contributed by atoms with van der Waals surface area (Å²) in [5, 5.41) is 1.20. The highest BCUT2D eigenvalue weighted by molar-refractivity contribution is 5.89. The van der Waals surface area contributed by atoms with E-state index in [9.17, 15) is 4.79 Å². The van der Waals surface area contributed by atoms with Gasteiger partial charge in [-0.05, 0) is 43.2 Å². The Morgan fingerprint density at radius 3 is 2.86 bits per heavy atom. The number of carbonyl (C=O) groups is 1. The first-order valence-corrected chi connectivity index (χ1v) is 7.30. The Bertz CT molecular complexity index is 796. The van der Waals surface area contributed by atoms with Crippen LogP contribution in [0.25, 0.3) is 17.0 Å². The number of rotatable bonds is 2. The van der Waals surface area contributed by atoms with Crippen LogP contribution in [0.5, 0.6) is 0 Å². The fourth-order valence-corrected chi connectivity index (χ4v) is 2.78. The summed E-state index contributed by atoms with van der Waals surface area (Å²) in [6.07, 6.45) is 5.44. The smallest absolute Gasteiger partial charge is 0.337 e. The van der Waals surface area contributed by atoms with Gasteiger partial charge in [0.15, 0.2) is 0 Å². The fourth-order valence-electron chi connectivity index (χ4n) is 2.78. The van der Waals surface area contributed by atoms with Gasteiger partial charge in [0.2, 0.25) is 0 Å². The lowest BCUT2D eigenvalue weighted by Crippen LogP contribution is -2.13. The van der Waals surface area contributed by atoms with Crippen molar-refractivity contribution in [3.05, 3.63) is 53.1 Å². The van der Waals surface area contributed by atoms with Crippen LogP contribution in [0, 0.1) is 0 Å². The normalized spacial score (nSPS) is 17.0. The summed E-state index contributed by atoms with van der Waals surface area (Å²) in [6, 6.07) is 8.42. The molecule has 0 atom stereocenters. The minimum atomic E-state index is -0.303. The SMILES string of the molecule is COC(=O)C1=C(C)O/C(=C/c2ccc3c(ccn3C)c2)CC1. The maximum absolute atomic E-state index is 11.6. The molecule has 0 spiro atoms. The molecule has 0 saturated heterocycles. The van der Waals surface area contributed by atoms with Gasteiger partial charge in [-0.2, -0.15) is 0 Å². The van der Waals surface area contributed by atoms with E-state index in [1.807, 2.05) is 19.3 Å². The highest BCUT2D eigenvalue weighted by Gasteiger charge is 2.21. The van der Waals surface area contributed by atoms with Crippen molar-refractivity contribution in [2.24, 2.45) is 7.05 Å². The summed E-state index contributed by atoms with van der Waals surface area (Å²) in [5.74, 6) is 1.20. The molecule has 0 N–H and O–H groups in total. The van der Waals surface area contributed by atoms with Crippen molar-refractivity contribution < 1.29 is 14.3 Å². The molecule has 1 aliphatic heterocycles. The Morgan fingerprint density at radius 2 is 2.14 bits per heavy atom. The van der Waals surface area contributed by atoms with E-state index in [2.05, 4.69) is 28.8 Å². The molecule has 4 heteroatoms. The molecule has 0 aliphatic carbocycles. The number of hydrogen-bond acceptors (Lipinski definition) is 3. The van der Waals surface area contributed by atoms with Crippen molar-refractivity contribution in [3.63, 3.8) is 0 Å². The predicted molar refractivity (Wildman–Crippen MR) is 85.9 cm³/mol. The van der Waals surface area contributed by atoms with Crippen LogP contribution in [-0.2, 0) is 21.3 Å². The molecule has 0 unspecified atom stereocenters. The molecule has 22 heavy (non-hydrogen) atoms. The summed E-state index contributed by atoms with van der Waals surface area (Å²) in [6.45, 7) is 1.81. The van der Waals surface area contributed by atoms with Gasteiger partial charge in [-0.25, -0.2) is 4.79 Å². The molecule has 1 aliphatic rings. The molecule has 114 valence electrons. The second-order valence-corrected chi connectivity index (χ2v) is 5.48. The Kier molecular flexibility index (Phi) is 3.75. The Balaban J connectivity index is 1.86. The van der Waals surface area contributed by atoms with Crippen LogP contribution in [0.15, 0.2) is 47.6 Å². The molecule has 1 aromatic carbocycles. The first-order chi connectivity index (χ1) is 10.6. The van der Waals surface area contributed by atoms with Gasteiger partial charge < -0.3 is 14.0 Å². The molecular weight excluding hydrogens is 278 g/mol. The third-order valence-electron chi connectivity index (χ3n) is 4.00. The summed E-state index contributed by atoms with van der Waals surface area (Å²) in [4.78, 5) is 11.6. The molecular formula is C18H19NO3. The lowest BCUT2D eigenvalue weighted by atomic mass is 10.0. The van der Waals surface area contributed by atoms with Crippen molar-refractivity contribution in [2.45, 2.75) is 19.8 Å². The van der Waals surface area contributed by atoms with Crippen molar-refractivity contribution in [1.82, 2.24) is 4.57 Å². The Labute approximate surface area is 129 Å². The van der Waals surface area contributed by atoms with Crippen LogP contribution in [-0.4, -0.2) is 17.6 Å². The number of fused-ring (bicyclic) bond motifs is 1. The van der Waals surface area contributed by atoms with Gasteiger partial charge in [-0.15, -0.1) is 0 Å². The van der Waals surface area contributed by atoms with Gasteiger partial charge in [-0.1, -0.05) is 6.07 Å². The van der Waals surface area contributed by atoms with E-state index in [4.69, 9.17) is 9.47 Å². The molecule has 2 heterocycles. The minimum Gasteiger partial charge on any atom is -0.466 e. The molecule has 0 saturated carbocycles. The topological polar surface area (TPSA) is 40.5 Å². The standard InChI is InChI=1S/C18H19NO3/c1-12-16(18(20)21-3)6-5-15(22-12)11-13-4-7-17-14(10-13)8-9-19(17)2/h4,7-11H,5-6H2,1-3H3/b15-11+. The largest absolute Gasteiger partial charge is 0.466 e. The van der Waals surface area contributed by atoms with E-state index in [-0.39, 0.29) is 5.97 Å². The molecule has 0 radical (unpaired) electrons. The first-order valence-electron chi connectivity index (χ1n) is 7.30. The second kappa shape index (κ2) is 5.72. The lowest BCUT2D eigenvalue weighted by Gasteiger charge is -2.19. The molecule has 3 rings (SSSR count). The van der Waals surface area contributed by atoms with Gasteiger partial charge in [0, 0.05) is 30.6 Å². The Morgan fingerprint density at radius 1 is 1.32 bits per heavy atom. The van der Waals surface area contributed by atoms with Crippen molar-refractivity contribution in [2.75, 3.05) is 7.11 Å². The number of carbonyl (C=O) groups excluding carboxylic acids is 1. The number of ether oxygens (including phenoxy) is 2. The predicted octanol–water partition coefficient (Wildman–Crippen LogP) is 3.78. The number of esters is 1. The van der Waals surface area contributed by atoms with E-state index in [1.54, 1.807) is 6.92 Å². The van der Waals surface area contributed by atoms with E-state index < -0.39 is 0 Å². The fraction of sp³-hybridized carbons (Fsp3) is 0.278. The zero-order valence-corrected chi connectivity index (χ0v) is 13.1. The van der Waals surface area contributed by atoms with Crippen molar-refractivity contribution in [3.8, 4) is 0 Å². The average molecular weight is 297 g/mol. The Hall–Kier alpha value is -2.49. The molecule has 4 nitrogen and oxygen atoms in total. The van der Waals surface area contributed by atoms with Crippen LogP contribution < -0.4 is 0 Å². The van der Waals surface area contributed by atoms with Crippen molar-refractivity contribution in [1.29, 1.82) is 0 Å². The third-order valence-corrected chi connectivity index (χ3v) is 4.00. The highest BCUT2D eigenvalue weighted by atomic mass is 16.5. The summed E-state index contributed by atoms with van der Waals surface area (Å²) < 4.78 is 12.6. The van der Waals surface area contributed by atoms with E-state index >= 15 is 0 Å². The van der Waals surface area contributed by atoms with E-state index in [0.717, 1.165) is 11.3 Å². The minimum absolute atomic E-state index is 0.303. The maximum atomic E-state index is 11.6. The van der Waals surface area contributed by atoms with Gasteiger partial charge in [0.25, 0.3) is 0 Å². The van der Waals surface area contributed by atoms with Crippen LogP contribution in [0.1, 0.15) is 25.3 Å². The van der Waals surface area contributed by atoms with Crippen molar-refractivity contribution >= 4 is 22.9 Å². The number of methoxy groups -OCH3 is 1. The molecule has 0 amide bonds. The van der Waals surface area contributed by atoms with E-state index in [0.29, 0.717) is 24.2 Å².